The molecule has 1 amide bonds. The van der Waals surface area contributed by atoms with Crippen molar-refractivity contribution < 1.29 is 4.79 Å². The van der Waals surface area contributed by atoms with Crippen molar-refractivity contribution in [1.82, 2.24) is 10.2 Å². The summed E-state index contributed by atoms with van der Waals surface area (Å²) in [6.07, 6.45) is 8.87. The van der Waals surface area contributed by atoms with E-state index in [0.717, 1.165) is 25.9 Å². The summed E-state index contributed by atoms with van der Waals surface area (Å²) < 4.78 is 0. The molecule has 5 heteroatoms. The molecule has 5 nitrogen and oxygen atoms in total. The topological polar surface area (TPSA) is 57.1 Å². The number of likely N-dealkylation sites (N-methyl/N-ethyl adjacent to an activating group) is 1. The molecular formula is C13H20N4O. The molecule has 0 aromatic carbocycles. The van der Waals surface area contributed by atoms with Crippen LogP contribution in [-0.4, -0.2) is 42.6 Å². The van der Waals surface area contributed by atoms with Crippen LogP contribution in [0.15, 0.2) is 10.2 Å². The first-order chi connectivity index (χ1) is 8.63. The van der Waals surface area contributed by atoms with E-state index >= 15 is 0 Å². The number of hydrogen-bond acceptors (Lipinski definition) is 4. The summed E-state index contributed by atoms with van der Waals surface area (Å²) >= 11 is 0. The summed E-state index contributed by atoms with van der Waals surface area (Å²) in [6, 6.07) is 0.303. The lowest BCUT2D eigenvalue weighted by molar-refractivity contribution is -0.122. The highest BCUT2D eigenvalue weighted by Gasteiger charge is 2.39. The van der Waals surface area contributed by atoms with Crippen molar-refractivity contribution in [2.45, 2.75) is 43.8 Å². The third-order valence-corrected chi connectivity index (χ3v) is 3.56. The van der Waals surface area contributed by atoms with Crippen LogP contribution in [-0.2, 0) is 4.79 Å². The zero-order chi connectivity index (χ0) is 13.0. The molecule has 2 heterocycles. The summed E-state index contributed by atoms with van der Waals surface area (Å²) in [5, 5.41) is 11.1. The van der Waals surface area contributed by atoms with Gasteiger partial charge in [0.25, 0.3) is 0 Å². The molecule has 2 aliphatic heterocycles. The number of rotatable bonds is 6. The van der Waals surface area contributed by atoms with Gasteiger partial charge in [0.15, 0.2) is 5.66 Å². The highest BCUT2D eigenvalue weighted by atomic mass is 16.1. The Bertz CT molecular complexity index is 379. The number of carbonyl (C=O) groups is 1. The van der Waals surface area contributed by atoms with Gasteiger partial charge < -0.3 is 10.2 Å². The highest BCUT2D eigenvalue weighted by molar-refractivity contribution is 5.76. The molecule has 1 unspecified atom stereocenters. The first-order valence-electron chi connectivity index (χ1n) is 6.49. The lowest BCUT2D eigenvalue weighted by Crippen LogP contribution is -2.36. The maximum absolute atomic E-state index is 11.8. The van der Waals surface area contributed by atoms with Crippen molar-refractivity contribution in [3.63, 3.8) is 0 Å². The van der Waals surface area contributed by atoms with Gasteiger partial charge in [-0.3, -0.25) is 4.79 Å². The summed E-state index contributed by atoms with van der Waals surface area (Å²) in [7, 11) is 2.07. The Balaban J connectivity index is 1.65. The lowest BCUT2D eigenvalue weighted by Gasteiger charge is -2.14. The van der Waals surface area contributed by atoms with E-state index in [1.54, 1.807) is 0 Å². The number of amides is 1. The molecule has 0 aromatic rings. The van der Waals surface area contributed by atoms with Gasteiger partial charge in [0, 0.05) is 38.3 Å². The van der Waals surface area contributed by atoms with Crippen molar-refractivity contribution in [3.05, 3.63) is 0 Å². The average Bonchev–Trinajstić information content (AvgIpc) is 3.01. The van der Waals surface area contributed by atoms with Gasteiger partial charge in [0.1, 0.15) is 0 Å². The number of terminal acetylenes is 1. The van der Waals surface area contributed by atoms with Gasteiger partial charge in [-0.1, -0.05) is 0 Å². The Kier molecular flexibility index (Phi) is 3.97. The quantitative estimate of drug-likeness (QED) is 0.717. The molecule has 98 valence electrons. The van der Waals surface area contributed by atoms with Crippen LogP contribution in [0.2, 0.25) is 0 Å². The molecule has 0 radical (unpaired) electrons. The summed E-state index contributed by atoms with van der Waals surface area (Å²) in [4.78, 5) is 14.0. The zero-order valence-electron chi connectivity index (χ0n) is 10.9. The fraction of sp³-hybridized carbons (Fsp3) is 0.769. The molecule has 18 heavy (non-hydrogen) atoms. The largest absolute Gasteiger partial charge is 0.352 e. The maximum Gasteiger partial charge on any atom is 0.220 e. The van der Waals surface area contributed by atoms with Crippen molar-refractivity contribution in [2.75, 3.05) is 20.1 Å². The smallest absolute Gasteiger partial charge is 0.220 e. The average molecular weight is 248 g/mol. The summed E-state index contributed by atoms with van der Waals surface area (Å²) in [5.41, 5.74) is -0.337. The molecule has 2 rings (SSSR count). The van der Waals surface area contributed by atoms with E-state index in [4.69, 9.17) is 6.42 Å². The van der Waals surface area contributed by atoms with Crippen LogP contribution in [0, 0.1) is 12.3 Å². The Hall–Kier alpha value is -1.41. The Morgan fingerprint density at radius 3 is 2.89 bits per heavy atom. The highest BCUT2D eigenvalue weighted by Crippen LogP contribution is 2.37. The predicted molar refractivity (Wildman–Crippen MR) is 68.9 cm³/mol. The Morgan fingerprint density at radius 2 is 2.33 bits per heavy atom. The third-order valence-electron chi connectivity index (χ3n) is 3.56. The fourth-order valence-electron chi connectivity index (χ4n) is 2.33. The Morgan fingerprint density at radius 1 is 1.56 bits per heavy atom. The molecule has 1 atom stereocenters. The fourth-order valence-corrected chi connectivity index (χ4v) is 2.33. The molecule has 0 aromatic heterocycles. The molecular weight excluding hydrogens is 228 g/mol. The van der Waals surface area contributed by atoms with Crippen molar-refractivity contribution in [3.8, 4) is 12.3 Å². The van der Waals surface area contributed by atoms with Crippen molar-refractivity contribution >= 4 is 5.91 Å². The van der Waals surface area contributed by atoms with Gasteiger partial charge in [-0.2, -0.15) is 10.2 Å². The summed E-state index contributed by atoms with van der Waals surface area (Å²) in [5.74, 6) is 2.69. The molecule has 0 saturated carbocycles. The van der Waals surface area contributed by atoms with E-state index in [1.807, 2.05) is 0 Å². The monoisotopic (exact) mass is 248 g/mol. The van der Waals surface area contributed by atoms with E-state index in [1.165, 1.54) is 0 Å². The van der Waals surface area contributed by atoms with E-state index in [2.05, 4.69) is 33.4 Å². The van der Waals surface area contributed by atoms with E-state index < -0.39 is 0 Å². The standard InChI is InChI=1S/C13H20N4O/c1-3-4-7-13(15-16-13)8-5-12(18)14-11-6-9-17(2)10-11/h1,11H,4-10H2,2H3,(H,14,18). The van der Waals surface area contributed by atoms with Gasteiger partial charge in [-0.25, -0.2) is 0 Å². The molecule has 2 aliphatic rings. The first-order valence-corrected chi connectivity index (χ1v) is 6.49. The second-order valence-corrected chi connectivity index (χ2v) is 5.20. The van der Waals surface area contributed by atoms with Crippen LogP contribution >= 0.6 is 0 Å². The number of nitrogens with one attached hydrogen (secondary N) is 1. The first kappa shape index (κ1) is 13.0. The number of likely N-dealkylation sites (tertiary alicyclic amines) is 1. The second kappa shape index (κ2) is 5.49. The molecule has 0 spiro atoms. The van der Waals surface area contributed by atoms with E-state index in [9.17, 15) is 4.79 Å². The van der Waals surface area contributed by atoms with Crippen molar-refractivity contribution in [1.29, 1.82) is 0 Å². The van der Waals surface area contributed by atoms with Crippen LogP contribution in [0.4, 0.5) is 0 Å². The maximum atomic E-state index is 11.8. The Labute approximate surface area is 108 Å². The van der Waals surface area contributed by atoms with Crippen LogP contribution in [0.25, 0.3) is 0 Å². The molecule has 1 fully saturated rings. The zero-order valence-corrected chi connectivity index (χ0v) is 10.9. The van der Waals surface area contributed by atoms with Crippen molar-refractivity contribution in [2.24, 2.45) is 10.2 Å². The lowest BCUT2D eigenvalue weighted by atomic mass is 10.0. The van der Waals surface area contributed by atoms with Gasteiger partial charge in [-0.15, -0.1) is 12.3 Å². The minimum Gasteiger partial charge on any atom is -0.352 e. The van der Waals surface area contributed by atoms with Crippen LogP contribution in [0.3, 0.4) is 0 Å². The van der Waals surface area contributed by atoms with E-state index in [0.29, 0.717) is 25.3 Å². The van der Waals surface area contributed by atoms with Crippen LogP contribution < -0.4 is 5.32 Å². The number of nitrogens with zero attached hydrogens (tertiary/aromatic N) is 3. The van der Waals surface area contributed by atoms with E-state index in [-0.39, 0.29) is 11.6 Å². The van der Waals surface area contributed by atoms with Gasteiger partial charge in [0.05, 0.1) is 0 Å². The van der Waals surface area contributed by atoms with Gasteiger partial charge >= 0.3 is 0 Å². The molecule has 0 aliphatic carbocycles. The molecule has 0 bridgehead atoms. The SMILES string of the molecule is C#CCCC1(CCC(=O)NC2CCN(C)C2)N=N1. The normalized spacial score (nSPS) is 24.8. The molecule has 1 N–H and O–H groups in total. The second-order valence-electron chi connectivity index (χ2n) is 5.20. The summed E-state index contributed by atoms with van der Waals surface area (Å²) in [6.45, 7) is 2.00. The number of carbonyl (C=O) groups excluding carboxylic acids is 1. The minimum atomic E-state index is -0.337. The predicted octanol–water partition coefficient (Wildman–Crippen LogP) is 1.16. The van der Waals surface area contributed by atoms with Crippen LogP contribution in [0.5, 0.6) is 0 Å². The molecule has 1 saturated heterocycles. The van der Waals surface area contributed by atoms with Gasteiger partial charge in [0.2, 0.25) is 5.91 Å². The minimum absolute atomic E-state index is 0.104. The van der Waals surface area contributed by atoms with Crippen LogP contribution in [0.1, 0.15) is 32.1 Å². The number of hydrogen-bond donors (Lipinski definition) is 1. The van der Waals surface area contributed by atoms with Gasteiger partial charge in [-0.05, 0) is 20.0 Å². The third kappa shape index (κ3) is 3.54.